The molecule has 1 unspecified atom stereocenters. The van der Waals surface area contributed by atoms with E-state index in [4.69, 9.17) is 5.73 Å². The number of halogens is 4. The molecule has 2 N–H and O–H groups in total. The van der Waals surface area contributed by atoms with Crippen molar-refractivity contribution in [3.05, 3.63) is 35.4 Å². The van der Waals surface area contributed by atoms with Gasteiger partial charge in [0.2, 0.25) is 6.17 Å². The van der Waals surface area contributed by atoms with Crippen molar-refractivity contribution in [2.45, 2.75) is 18.8 Å². The van der Waals surface area contributed by atoms with E-state index in [1.165, 1.54) is 12.1 Å². The van der Waals surface area contributed by atoms with Gasteiger partial charge in [0.05, 0.1) is 0 Å². The lowest BCUT2D eigenvalue weighted by atomic mass is 10.0. The molecule has 0 aliphatic rings. The van der Waals surface area contributed by atoms with Crippen LogP contribution < -0.4 is 5.73 Å². The van der Waals surface area contributed by atoms with Gasteiger partial charge in [0.1, 0.15) is 0 Å². The molecule has 0 saturated heterocycles. The zero-order valence-corrected chi connectivity index (χ0v) is 7.89. The van der Waals surface area contributed by atoms with E-state index in [1.54, 1.807) is 6.07 Å². The lowest BCUT2D eigenvalue weighted by Crippen LogP contribution is -2.18. The van der Waals surface area contributed by atoms with Gasteiger partial charge >= 0.3 is 6.18 Å². The fraction of sp³-hybridized carbons (Fsp3) is 0.400. The largest absolute Gasteiger partial charge is 0.423 e. The quantitative estimate of drug-likeness (QED) is 0.780. The molecule has 1 aromatic rings. The smallest absolute Gasteiger partial charge is 0.330 e. The van der Waals surface area contributed by atoms with Gasteiger partial charge < -0.3 is 5.73 Å². The fourth-order valence-electron chi connectivity index (χ4n) is 1.34. The second-order valence-electron chi connectivity index (χ2n) is 3.14. The van der Waals surface area contributed by atoms with Crippen molar-refractivity contribution in [2.24, 2.45) is 5.73 Å². The Morgan fingerprint density at radius 1 is 1.20 bits per heavy atom. The highest BCUT2D eigenvalue weighted by molar-refractivity contribution is 5.30. The summed E-state index contributed by atoms with van der Waals surface area (Å²) in [6.45, 7) is 0.196. The summed E-state index contributed by atoms with van der Waals surface area (Å²) in [5.41, 5.74) is 5.21. The van der Waals surface area contributed by atoms with Gasteiger partial charge in [-0.25, -0.2) is 4.39 Å². The highest BCUT2D eigenvalue weighted by Gasteiger charge is 2.42. The van der Waals surface area contributed by atoms with Crippen LogP contribution in [0.25, 0.3) is 0 Å². The van der Waals surface area contributed by atoms with Gasteiger partial charge in [-0.15, -0.1) is 0 Å². The molecule has 0 spiro atoms. The first kappa shape index (κ1) is 12.0. The molecule has 5 heteroatoms. The summed E-state index contributed by atoms with van der Waals surface area (Å²) >= 11 is 0. The monoisotopic (exact) mass is 221 g/mol. The van der Waals surface area contributed by atoms with Gasteiger partial charge in [-0.3, -0.25) is 0 Å². The molecule has 0 amide bonds. The number of benzene rings is 1. The minimum Gasteiger partial charge on any atom is -0.330 e. The number of hydrogen-bond donors (Lipinski definition) is 1. The van der Waals surface area contributed by atoms with E-state index in [2.05, 4.69) is 0 Å². The molecule has 0 fully saturated rings. The first-order valence-corrected chi connectivity index (χ1v) is 4.45. The maximum absolute atomic E-state index is 13.1. The van der Waals surface area contributed by atoms with Crippen LogP contribution in [0.3, 0.4) is 0 Å². The van der Waals surface area contributed by atoms with Crippen molar-refractivity contribution in [1.29, 1.82) is 0 Å². The maximum Gasteiger partial charge on any atom is 0.423 e. The maximum atomic E-state index is 13.1. The standard InChI is InChI=1S/C10H11F4N/c11-9(10(12,13)14)8-4-2-1-3-7(8)5-6-15/h1-4,9H,5-6,15H2. The molecule has 1 nitrogen and oxygen atoms in total. The van der Waals surface area contributed by atoms with Gasteiger partial charge in [-0.2, -0.15) is 13.2 Å². The average Bonchev–Trinajstić information content (AvgIpc) is 2.17. The van der Waals surface area contributed by atoms with Gasteiger partial charge in [0.15, 0.2) is 0 Å². The van der Waals surface area contributed by atoms with Crippen LogP contribution in [0.2, 0.25) is 0 Å². The lowest BCUT2D eigenvalue weighted by Gasteiger charge is -2.15. The molecule has 1 atom stereocenters. The molecule has 0 bridgehead atoms. The van der Waals surface area contributed by atoms with Crippen molar-refractivity contribution >= 4 is 0 Å². The predicted octanol–water partition coefficient (Wildman–Crippen LogP) is 2.76. The van der Waals surface area contributed by atoms with Gasteiger partial charge in [-0.05, 0) is 24.1 Å². The summed E-state index contributed by atoms with van der Waals surface area (Å²) < 4.78 is 49.5. The third-order valence-corrected chi connectivity index (χ3v) is 2.03. The fourth-order valence-corrected chi connectivity index (χ4v) is 1.34. The van der Waals surface area contributed by atoms with Gasteiger partial charge in [0, 0.05) is 0 Å². The van der Waals surface area contributed by atoms with Crippen LogP contribution in [0.15, 0.2) is 24.3 Å². The third kappa shape index (κ3) is 2.92. The molecule has 0 heterocycles. The Hall–Kier alpha value is -1.10. The highest BCUT2D eigenvalue weighted by atomic mass is 19.4. The van der Waals surface area contributed by atoms with E-state index >= 15 is 0 Å². The van der Waals surface area contributed by atoms with Crippen LogP contribution in [-0.2, 0) is 6.42 Å². The Labute approximate surface area is 84.9 Å². The molecule has 1 aromatic carbocycles. The second-order valence-corrected chi connectivity index (χ2v) is 3.14. The van der Waals surface area contributed by atoms with E-state index in [-0.39, 0.29) is 18.5 Å². The molecule has 15 heavy (non-hydrogen) atoms. The number of alkyl halides is 4. The summed E-state index contributed by atoms with van der Waals surface area (Å²) in [5.74, 6) is 0. The Balaban J connectivity index is 3.02. The first-order valence-electron chi connectivity index (χ1n) is 4.45. The molecule has 0 radical (unpaired) electrons. The van der Waals surface area contributed by atoms with Crippen molar-refractivity contribution < 1.29 is 17.6 Å². The molecular weight excluding hydrogens is 210 g/mol. The van der Waals surface area contributed by atoms with E-state index < -0.39 is 12.3 Å². The van der Waals surface area contributed by atoms with E-state index in [0.29, 0.717) is 5.56 Å². The van der Waals surface area contributed by atoms with E-state index in [1.807, 2.05) is 0 Å². The summed E-state index contributed by atoms with van der Waals surface area (Å²) in [6, 6.07) is 5.55. The predicted molar refractivity (Wildman–Crippen MR) is 49.1 cm³/mol. The van der Waals surface area contributed by atoms with Gasteiger partial charge in [0.25, 0.3) is 0 Å². The summed E-state index contributed by atoms with van der Waals surface area (Å²) in [5, 5.41) is 0. The van der Waals surface area contributed by atoms with Crippen molar-refractivity contribution in [3.8, 4) is 0 Å². The first-order chi connectivity index (χ1) is 6.96. The van der Waals surface area contributed by atoms with Crippen LogP contribution in [0, 0.1) is 0 Å². The summed E-state index contributed by atoms with van der Waals surface area (Å²) in [6.07, 6.45) is -7.54. The molecule has 0 aromatic heterocycles. The second kappa shape index (κ2) is 4.61. The van der Waals surface area contributed by atoms with Gasteiger partial charge in [-0.1, -0.05) is 24.3 Å². The van der Waals surface area contributed by atoms with E-state index in [0.717, 1.165) is 6.07 Å². The molecule has 84 valence electrons. The zero-order chi connectivity index (χ0) is 11.5. The van der Waals surface area contributed by atoms with Crippen molar-refractivity contribution in [2.75, 3.05) is 6.54 Å². The SMILES string of the molecule is NCCc1ccccc1C(F)C(F)(F)F. The summed E-state index contributed by atoms with van der Waals surface area (Å²) in [7, 11) is 0. The van der Waals surface area contributed by atoms with Crippen molar-refractivity contribution in [1.82, 2.24) is 0 Å². The topological polar surface area (TPSA) is 26.0 Å². The summed E-state index contributed by atoms with van der Waals surface area (Å²) in [4.78, 5) is 0. The van der Waals surface area contributed by atoms with Crippen LogP contribution in [0.4, 0.5) is 17.6 Å². The molecule has 0 aliphatic carbocycles. The van der Waals surface area contributed by atoms with E-state index in [9.17, 15) is 17.6 Å². The number of hydrogen-bond acceptors (Lipinski definition) is 1. The number of rotatable bonds is 3. The zero-order valence-electron chi connectivity index (χ0n) is 7.89. The van der Waals surface area contributed by atoms with Crippen LogP contribution >= 0.6 is 0 Å². The lowest BCUT2D eigenvalue weighted by molar-refractivity contribution is -0.183. The van der Waals surface area contributed by atoms with Crippen LogP contribution in [0.1, 0.15) is 17.3 Å². The normalized spacial score (nSPS) is 13.9. The van der Waals surface area contributed by atoms with Crippen LogP contribution in [0.5, 0.6) is 0 Å². The highest BCUT2D eigenvalue weighted by Crippen LogP contribution is 2.37. The Bertz CT molecular complexity index is 321. The van der Waals surface area contributed by atoms with Crippen LogP contribution in [-0.4, -0.2) is 12.7 Å². The minimum absolute atomic E-state index is 0.196. The number of nitrogens with two attached hydrogens (primary N) is 1. The third-order valence-electron chi connectivity index (χ3n) is 2.03. The Kier molecular flexibility index (Phi) is 3.68. The molecular formula is C10H11F4N. The average molecular weight is 221 g/mol. The molecule has 1 rings (SSSR count). The molecule has 0 aliphatic heterocycles. The molecule has 0 saturated carbocycles. The Morgan fingerprint density at radius 2 is 1.80 bits per heavy atom. The van der Waals surface area contributed by atoms with Crippen molar-refractivity contribution in [3.63, 3.8) is 0 Å². The minimum atomic E-state index is -4.86. The Morgan fingerprint density at radius 3 is 2.33 bits per heavy atom.